The Labute approximate surface area is 151 Å². The minimum absolute atomic E-state index is 0.0342. The molecule has 0 fully saturated rings. The maximum Gasteiger partial charge on any atom is 0.335 e. The molecule has 26 heavy (non-hydrogen) atoms. The molecule has 0 unspecified atom stereocenters. The van der Waals surface area contributed by atoms with E-state index in [1.165, 1.54) is 6.07 Å². The van der Waals surface area contributed by atoms with Gasteiger partial charge in [0.25, 0.3) is 10.0 Å². The van der Waals surface area contributed by atoms with Gasteiger partial charge in [-0.15, -0.1) is 0 Å². The van der Waals surface area contributed by atoms with Crippen LogP contribution in [0, 0.1) is 13.8 Å². The molecule has 2 N–H and O–H groups in total. The molecular weight excluding hydrogens is 354 g/mol. The number of carboxylic acid groups (broad SMARTS) is 1. The van der Waals surface area contributed by atoms with Gasteiger partial charge in [0.2, 0.25) is 0 Å². The largest absolute Gasteiger partial charge is 0.478 e. The summed E-state index contributed by atoms with van der Waals surface area (Å²) in [5.74, 6) is -1.16. The maximum absolute atomic E-state index is 12.8. The quantitative estimate of drug-likeness (QED) is 0.715. The lowest BCUT2D eigenvalue weighted by molar-refractivity contribution is 0.0696. The molecule has 0 aliphatic rings. The van der Waals surface area contributed by atoms with Gasteiger partial charge in [-0.25, -0.2) is 13.2 Å². The van der Waals surface area contributed by atoms with Crippen LogP contribution in [0.15, 0.2) is 41.4 Å². The molecule has 0 saturated heterocycles. The van der Waals surface area contributed by atoms with Gasteiger partial charge in [0, 0.05) is 18.1 Å². The van der Waals surface area contributed by atoms with Crippen molar-refractivity contribution in [2.75, 3.05) is 4.72 Å². The van der Waals surface area contributed by atoms with Crippen LogP contribution in [-0.4, -0.2) is 29.3 Å². The number of benzene rings is 2. The molecule has 3 rings (SSSR count). The Kier molecular flexibility index (Phi) is 4.45. The van der Waals surface area contributed by atoms with E-state index in [2.05, 4.69) is 9.82 Å². The lowest BCUT2D eigenvalue weighted by Gasteiger charge is -2.12. The van der Waals surface area contributed by atoms with E-state index in [1.807, 2.05) is 13.1 Å². The van der Waals surface area contributed by atoms with Crippen molar-refractivity contribution in [3.63, 3.8) is 0 Å². The Morgan fingerprint density at radius 1 is 1.19 bits per heavy atom. The molecule has 7 nitrogen and oxygen atoms in total. The number of rotatable bonds is 5. The average Bonchev–Trinajstić information content (AvgIpc) is 2.96. The highest BCUT2D eigenvalue weighted by Gasteiger charge is 2.21. The second kappa shape index (κ2) is 6.45. The van der Waals surface area contributed by atoms with Crippen LogP contribution in [-0.2, 0) is 16.6 Å². The van der Waals surface area contributed by atoms with Gasteiger partial charge in [-0.2, -0.15) is 5.10 Å². The van der Waals surface area contributed by atoms with Crippen LogP contribution in [0.1, 0.15) is 28.4 Å². The zero-order chi connectivity index (χ0) is 19.1. The summed E-state index contributed by atoms with van der Waals surface area (Å²) in [5, 5.41) is 14.5. The smallest absolute Gasteiger partial charge is 0.335 e. The standard InChI is InChI=1S/C18H19N3O4S/c1-4-21-10-13-5-6-14(8-16(13)19-21)20-26(24,25)17-9-15(18(22)23)11(2)7-12(17)3/h5-10,20H,4H2,1-3H3,(H,22,23). The van der Waals surface area contributed by atoms with Crippen molar-refractivity contribution < 1.29 is 18.3 Å². The summed E-state index contributed by atoms with van der Waals surface area (Å²) < 4.78 is 29.8. The Hall–Kier alpha value is -2.87. The average molecular weight is 373 g/mol. The van der Waals surface area contributed by atoms with Crippen molar-refractivity contribution in [3.8, 4) is 0 Å². The highest BCUT2D eigenvalue weighted by molar-refractivity contribution is 7.92. The molecule has 0 radical (unpaired) electrons. The van der Waals surface area contributed by atoms with Crippen LogP contribution in [0.2, 0.25) is 0 Å². The van der Waals surface area contributed by atoms with Crippen LogP contribution in [0.5, 0.6) is 0 Å². The summed E-state index contributed by atoms with van der Waals surface area (Å²) in [6, 6.07) is 7.85. The van der Waals surface area contributed by atoms with Crippen LogP contribution < -0.4 is 4.72 Å². The molecule has 3 aromatic rings. The minimum atomic E-state index is -3.93. The highest BCUT2D eigenvalue weighted by atomic mass is 32.2. The topological polar surface area (TPSA) is 101 Å². The van der Waals surface area contributed by atoms with E-state index >= 15 is 0 Å². The molecule has 1 aromatic heterocycles. The second-order valence-electron chi connectivity index (χ2n) is 6.10. The Morgan fingerprint density at radius 3 is 2.58 bits per heavy atom. The summed E-state index contributed by atoms with van der Waals surface area (Å²) in [6.45, 7) is 5.96. The summed E-state index contributed by atoms with van der Waals surface area (Å²) in [4.78, 5) is 11.3. The third kappa shape index (κ3) is 3.28. The molecule has 0 bridgehead atoms. The van der Waals surface area contributed by atoms with E-state index < -0.39 is 16.0 Å². The molecule has 0 atom stereocenters. The van der Waals surface area contributed by atoms with E-state index in [4.69, 9.17) is 0 Å². The minimum Gasteiger partial charge on any atom is -0.478 e. The first-order valence-electron chi connectivity index (χ1n) is 8.06. The zero-order valence-electron chi connectivity index (χ0n) is 14.6. The van der Waals surface area contributed by atoms with Crippen molar-refractivity contribution in [2.45, 2.75) is 32.2 Å². The van der Waals surface area contributed by atoms with Gasteiger partial charge in [-0.05, 0) is 56.2 Å². The normalized spacial score (nSPS) is 11.7. The predicted molar refractivity (Wildman–Crippen MR) is 99.1 cm³/mol. The maximum atomic E-state index is 12.8. The number of hydrogen-bond donors (Lipinski definition) is 2. The van der Waals surface area contributed by atoms with E-state index in [0.29, 0.717) is 22.3 Å². The monoisotopic (exact) mass is 373 g/mol. The number of nitrogens with one attached hydrogen (secondary N) is 1. The fourth-order valence-corrected chi connectivity index (χ4v) is 4.16. The summed E-state index contributed by atoms with van der Waals surface area (Å²) in [6.07, 6.45) is 1.89. The molecule has 1 heterocycles. The van der Waals surface area contributed by atoms with E-state index in [9.17, 15) is 18.3 Å². The van der Waals surface area contributed by atoms with Crippen molar-refractivity contribution in [3.05, 3.63) is 53.2 Å². The van der Waals surface area contributed by atoms with Gasteiger partial charge < -0.3 is 5.11 Å². The van der Waals surface area contributed by atoms with Crippen molar-refractivity contribution in [1.29, 1.82) is 0 Å². The van der Waals surface area contributed by atoms with Crippen molar-refractivity contribution in [1.82, 2.24) is 9.78 Å². The molecule has 0 amide bonds. The van der Waals surface area contributed by atoms with E-state index in [-0.39, 0.29) is 10.5 Å². The highest BCUT2D eigenvalue weighted by Crippen LogP contribution is 2.25. The Balaban J connectivity index is 2.01. The third-order valence-corrected chi connectivity index (χ3v) is 5.70. The number of aryl methyl sites for hydroxylation is 3. The number of hydrogen-bond acceptors (Lipinski definition) is 4. The van der Waals surface area contributed by atoms with Gasteiger partial charge in [-0.3, -0.25) is 9.40 Å². The number of aromatic nitrogens is 2. The van der Waals surface area contributed by atoms with Gasteiger partial charge >= 0.3 is 5.97 Å². The second-order valence-corrected chi connectivity index (χ2v) is 7.75. The van der Waals surface area contributed by atoms with Crippen LogP contribution in [0.3, 0.4) is 0 Å². The summed E-state index contributed by atoms with van der Waals surface area (Å²) in [7, 11) is -3.93. The molecule has 0 aliphatic carbocycles. The zero-order valence-corrected chi connectivity index (χ0v) is 15.5. The first-order valence-corrected chi connectivity index (χ1v) is 9.54. The van der Waals surface area contributed by atoms with Gasteiger partial charge in [0.15, 0.2) is 0 Å². The summed E-state index contributed by atoms with van der Waals surface area (Å²) >= 11 is 0. The van der Waals surface area contributed by atoms with E-state index in [1.54, 1.807) is 42.8 Å². The molecular formula is C18H19N3O4S. The molecule has 8 heteroatoms. The Bertz CT molecular complexity index is 1120. The number of aromatic carboxylic acids is 1. The predicted octanol–water partition coefficient (Wildman–Crippen LogP) is 3.17. The fourth-order valence-electron chi connectivity index (χ4n) is 2.86. The SMILES string of the molecule is CCn1cc2ccc(NS(=O)(=O)c3cc(C(=O)O)c(C)cc3C)cc2n1. The number of carboxylic acids is 1. The Morgan fingerprint density at radius 2 is 1.92 bits per heavy atom. The van der Waals surface area contributed by atoms with Crippen LogP contribution >= 0.6 is 0 Å². The molecule has 0 spiro atoms. The number of nitrogens with zero attached hydrogens (tertiary/aromatic N) is 2. The molecule has 2 aromatic carbocycles. The molecule has 136 valence electrons. The number of anilines is 1. The number of sulfonamides is 1. The van der Waals surface area contributed by atoms with Crippen molar-refractivity contribution >= 4 is 32.6 Å². The fraction of sp³-hybridized carbons (Fsp3) is 0.222. The summed E-state index contributed by atoms with van der Waals surface area (Å²) in [5.41, 5.74) is 2.01. The van der Waals surface area contributed by atoms with Gasteiger partial charge in [0.05, 0.1) is 21.7 Å². The van der Waals surface area contributed by atoms with Crippen LogP contribution in [0.25, 0.3) is 10.9 Å². The number of carbonyl (C=O) groups is 1. The first-order chi connectivity index (χ1) is 12.2. The lowest BCUT2D eigenvalue weighted by Crippen LogP contribution is -2.16. The molecule has 0 saturated carbocycles. The first kappa shape index (κ1) is 17.9. The van der Waals surface area contributed by atoms with Gasteiger partial charge in [-0.1, -0.05) is 6.07 Å². The van der Waals surface area contributed by atoms with Crippen molar-refractivity contribution in [2.24, 2.45) is 0 Å². The molecule has 0 aliphatic heterocycles. The lowest BCUT2D eigenvalue weighted by atomic mass is 10.1. The third-order valence-electron chi connectivity index (χ3n) is 4.17. The van der Waals surface area contributed by atoms with Crippen LogP contribution in [0.4, 0.5) is 5.69 Å². The van der Waals surface area contributed by atoms with E-state index in [0.717, 1.165) is 11.9 Å². The van der Waals surface area contributed by atoms with Gasteiger partial charge in [0.1, 0.15) is 0 Å². The number of fused-ring (bicyclic) bond motifs is 1.